The molecule has 1 heterocycles. The minimum absolute atomic E-state index is 0.334. The fourth-order valence-corrected chi connectivity index (χ4v) is 2.58. The third kappa shape index (κ3) is 4.57. The third-order valence-corrected chi connectivity index (χ3v) is 3.57. The zero-order chi connectivity index (χ0) is 18.5. The molecule has 1 aromatic heterocycles. The first-order chi connectivity index (χ1) is 12.5. The summed E-state index contributed by atoms with van der Waals surface area (Å²) in [6.07, 6.45) is 1.38. The van der Waals surface area contributed by atoms with E-state index in [1.807, 2.05) is 32.0 Å². The minimum atomic E-state index is -0.455. The van der Waals surface area contributed by atoms with E-state index in [0.717, 1.165) is 11.1 Å². The largest absolute Gasteiger partial charge is 0.455 e. The van der Waals surface area contributed by atoms with Gasteiger partial charge in [0.1, 0.15) is 17.3 Å². The van der Waals surface area contributed by atoms with Crippen molar-refractivity contribution in [3.05, 3.63) is 77.3 Å². The maximum absolute atomic E-state index is 13.3. The molecule has 2 N–H and O–H groups in total. The summed E-state index contributed by atoms with van der Waals surface area (Å²) in [5, 5.41) is 6.56. The summed E-state index contributed by atoms with van der Waals surface area (Å²) in [7, 11) is 0. The molecule has 0 unspecified atom stereocenters. The lowest BCUT2D eigenvalue weighted by atomic mass is 10.1. The molecule has 0 saturated carbocycles. The Kier molecular flexibility index (Phi) is 5.12. The van der Waals surface area contributed by atoms with Gasteiger partial charge in [-0.05, 0) is 61.4 Å². The van der Waals surface area contributed by atoms with Gasteiger partial charge < -0.3 is 9.73 Å². The Labute approximate surface area is 150 Å². The van der Waals surface area contributed by atoms with E-state index < -0.39 is 6.03 Å². The van der Waals surface area contributed by atoms with Crippen LogP contribution in [0.25, 0.3) is 11.3 Å². The van der Waals surface area contributed by atoms with E-state index >= 15 is 0 Å². The van der Waals surface area contributed by atoms with Crippen LogP contribution in [0.1, 0.15) is 16.9 Å². The lowest BCUT2D eigenvalue weighted by Crippen LogP contribution is -2.24. The summed E-state index contributed by atoms with van der Waals surface area (Å²) in [6, 6.07) is 14.8. The summed E-state index contributed by atoms with van der Waals surface area (Å²) >= 11 is 0. The lowest BCUT2D eigenvalue weighted by Gasteiger charge is -2.06. The smallest absolute Gasteiger partial charge is 0.339 e. The highest BCUT2D eigenvalue weighted by atomic mass is 19.1. The van der Waals surface area contributed by atoms with Crippen molar-refractivity contribution in [1.29, 1.82) is 0 Å². The minimum Gasteiger partial charge on any atom is -0.455 e. The first kappa shape index (κ1) is 17.4. The monoisotopic (exact) mass is 351 g/mol. The van der Waals surface area contributed by atoms with Gasteiger partial charge in [0.25, 0.3) is 0 Å². The van der Waals surface area contributed by atoms with E-state index in [-0.39, 0.29) is 5.82 Å². The number of hydrogen-bond acceptors (Lipinski definition) is 3. The van der Waals surface area contributed by atoms with Crippen molar-refractivity contribution in [2.24, 2.45) is 5.10 Å². The topological polar surface area (TPSA) is 66.6 Å². The Morgan fingerprint density at radius 1 is 1.08 bits per heavy atom. The van der Waals surface area contributed by atoms with Crippen LogP contribution in [0.15, 0.2) is 64.1 Å². The highest BCUT2D eigenvalue weighted by molar-refractivity contribution is 5.90. The Morgan fingerprint density at radius 2 is 1.85 bits per heavy atom. The number of carbonyl (C=O) groups is 1. The summed E-state index contributed by atoms with van der Waals surface area (Å²) in [5.41, 5.74) is 5.82. The van der Waals surface area contributed by atoms with Crippen LogP contribution in [-0.4, -0.2) is 12.2 Å². The van der Waals surface area contributed by atoms with Gasteiger partial charge in [0.2, 0.25) is 0 Å². The number of halogens is 1. The number of benzene rings is 2. The number of urea groups is 1. The van der Waals surface area contributed by atoms with Crippen LogP contribution in [0, 0.1) is 19.7 Å². The van der Waals surface area contributed by atoms with Gasteiger partial charge in [-0.15, -0.1) is 0 Å². The van der Waals surface area contributed by atoms with Crippen molar-refractivity contribution in [2.75, 3.05) is 5.32 Å². The predicted octanol–water partition coefficient (Wildman–Crippen LogP) is 4.86. The number of anilines is 1. The summed E-state index contributed by atoms with van der Waals surface area (Å²) < 4.78 is 18.8. The highest BCUT2D eigenvalue weighted by Crippen LogP contribution is 2.22. The number of carbonyl (C=O) groups excluding carboxylic acids is 1. The molecule has 2 amide bonds. The number of nitrogens with zero attached hydrogens (tertiary/aromatic N) is 1. The fraction of sp³-hybridized carbons (Fsp3) is 0.100. The molecule has 0 aliphatic rings. The molecular formula is C20H18FN3O2. The Morgan fingerprint density at radius 3 is 2.58 bits per heavy atom. The molecule has 3 rings (SSSR count). The molecule has 0 fully saturated rings. The van der Waals surface area contributed by atoms with Crippen LogP contribution in [0.4, 0.5) is 14.9 Å². The number of amides is 2. The Balaban J connectivity index is 1.59. The van der Waals surface area contributed by atoms with Crippen LogP contribution >= 0.6 is 0 Å². The number of hydrogen-bond donors (Lipinski definition) is 2. The van der Waals surface area contributed by atoms with Crippen molar-refractivity contribution in [3.8, 4) is 11.3 Å². The van der Waals surface area contributed by atoms with E-state index in [0.29, 0.717) is 22.8 Å². The average molecular weight is 351 g/mol. The standard InChI is InChI=1S/C20H18FN3O2/c1-13-8-14(2)10-17(9-13)23-20(25)24-22-12-18-6-7-19(26-18)15-4-3-5-16(21)11-15/h3-12H,1-2H3,(H2,23,24,25)/b22-12+. The summed E-state index contributed by atoms with van der Waals surface area (Å²) in [6.45, 7) is 3.92. The second-order valence-corrected chi connectivity index (χ2v) is 5.91. The van der Waals surface area contributed by atoms with Crippen LogP contribution in [0.2, 0.25) is 0 Å². The molecule has 0 spiro atoms. The van der Waals surface area contributed by atoms with Gasteiger partial charge in [-0.3, -0.25) is 0 Å². The van der Waals surface area contributed by atoms with Crippen molar-refractivity contribution in [2.45, 2.75) is 13.8 Å². The number of hydrazone groups is 1. The average Bonchev–Trinajstić information content (AvgIpc) is 3.03. The van der Waals surface area contributed by atoms with Gasteiger partial charge >= 0.3 is 6.03 Å². The van der Waals surface area contributed by atoms with Gasteiger partial charge in [-0.2, -0.15) is 5.10 Å². The molecule has 3 aromatic rings. The molecule has 132 valence electrons. The van der Waals surface area contributed by atoms with E-state index in [4.69, 9.17) is 4.42 Å². The highest BCUT2D eigenvalue weighted by Gasteiger charge is 2.05. The van der Waals surface area contributed by atoms with Crippen molar-refractivity contribution in [1.82, 2.24) is 5.43 Å². The van der Waals surface area contributed by atoms with Gasteiger partial charge in [0.05, 0.1) is 6.21 Å². The molecule has 0 aliphatic carbocycles. The summed E-state index contributed by atoms with van der Waals surface area (Å²) in [5.74, 6) is 0.625. The molecule has 0 atom stereocenters. The molecule has 0 aliphatic heterocycles. The number of furan rings is 1. The van der Waals surface area contributed by atoms with Crippen molar-refractivity contribution in [3.63, 3.8) is 0 Å². The SMILES string of the molecule is Cc1cc(C)cc(NC(=O)N/N=C/c2ccc(-c3cccc(F)c3)o2)c1. The van der Waals surface area contributed by atoms with Gasteiger partial charge in [-0.25, -0.2) is 14.6 Å². The second-order valence-electron chi connectivity index (χ2n) is 5.91. The molecule has 26 heavy (non-hydrogen) atoms. The fourth-order valence-electron chi connectivity index (χ4n) is 2.58. The van der Waals surface area contributed by atoms with Gasteiger partial charge in [0.15, 0.2) is 0 Å². The maximum Gasteiger partial charge on any atom is 0.339 e. The van der Waals surface area contributed by atoms with E-state index in [1.54, 1.807) is 24.3 Å². The third-order valence-electron chi connectivity index (χ3n) is 3.57. The molecule has 5 nitrogen and oxygen atoms in total. The quantitative estimate of drug-likeness (QED) is 0.521. The normalized spacial score (nSPS) is 10.9. The van der Waals surface area contributed by atoms with Gasteiger partial charge in [-0.1, -0.05) is 18.2 Å². The second kappa shape index (κ2) is 7.65. The zero-order valence-corrected chi connectivity index (χ0v) is 14.4. The first-order valence-corrected chi connectivity index (χ1v) is 8.04. The Bertz CT molecular complexity index is 943. The summed E-state index contributed by atoms with van der Waals surface area (Å²) in [4.78, 5) is 11.9. The molecule has 2 aromatic carbocycles. The maximum atomic E-state index is 13.3. The predicted molar refractivity (Wildman–Crippen MR) is 99.8 cm³/mol. The zero-order valence-electron chi connectivity index (χ0n) is 14.4. The van der Waals surface area contributed by atoms with E-state index in [9.17, 15) is 9.18 Å². The Hall–Kier alpha value is -3.41. The molecule has 0 radical (unpaired) electrons. The number of nitrogens with one attached hydrogen (secondary N) is 2. The number of aryl methyl sites for hydroxylation is 2. The van der Waals surface area contributed by atoms with Crippen LogP contribution < -0.4 is 10.7 Å². The molecular weight excluding hydrogens is 333 g/mol. The van der Waals surface area contributed by atoms with Crippen molar-refractivity contribution >= 4 is 17.9 Å². The number of rotatable bonds is 4. The molecule has 6 heteroatoms. The molecule has 0 saturated heterocycles. The van der Waals surface area contributed by atoms with Crippen LogP contribution in [0.3, 0.4) is 0 Å². The lowest BCUT2D eigenvalue weighted by molar-refractivity contribution is 0.252. The first-order valence-electron chi connectivity index (χ1n) is 8.04. The van der Waals surface area contributed by atoms with E-state index in [2.05, 4.69) is 15.8 Å². The van der Waals surface area contributed by atoms with Crippen LogP contribution in [-0.2, 0) is 0 Å². The van der Waals surface area contributed by atoms with Gasteiger partial charge in [0, 0.05) is 11.3 Å². The van der Waals surface area contributed by atoms with Crippen LogP contribution in [0.5, 0.6) is 0 Å². The van der Waals surface area contributed by atoms with Crippen molar-refractivity contribution < 1.29 is 13.6 Å². The molecule has 0 bridgehead atoms. The van der Waals surface area contributed by atoms with E-state index in [1.165, 1.54) is 18.3 Å².